The number of carbonyl (C=O) groups excluding carboxylic acids is 1. The van der Waals surface area contributed by atoms with Gasteiger partial charge in [-0.05, 0) is 0 Å². The second kappa shape index (κ2) is 5.54. The van der Waals surface area contributed by atoms with Crippen molar-refractivity contribution in [3.63, 3.8) is 0 Å². The number of ether oxygens (including phenoxy) is 1. The molecule has 0 saturated carbocycles. The van der Waals surface area contributed by atoms with E-state index in [1.807, 2.05) is 0 Å². The first-order chi connectivity index (χ1) is 6.77. The summed E-state index contributed by atoms with van der Waals surface area (Å²) < 4.78 is 39.7. The van der Waals surface area contributed by atoms with Crippen LogP contribution in [0.25, 0.3) is 0 Å². The molecule has 1 atom stereocenters. The van der Waals surface area contributed by atoms with E-state index < -0.39 is 37.1 Å². The van der Waals surface area contributed by atoms with Crippen LogP contribution in [0.15, 0.2) is 0 Å². The number of hydrogen-bond acceptors (Lipinski definition) is 3. The summed E-state index contributed by atoms with van der Waals surface area (Å²) in [5, 5.41) is 9.85. The van der Waals surface area contributed by atoms with Crippen molar-refractivity contribution < 1.29 is 32.6 Å². The van der Waals surface area contributed by atoms with E-state index in [0.717, 1.165) is 7.11 Å². The number of alkyl halides is 3. The number of hydrogen-bond donors (Lipinski definition) is 2. The fourth-order valence-electron chi connectivity index (χ4n) is 0.740. The fourth-order valence-corrected chi connectivity index (χ4v) is 0.740. The normalized spacial score (nSPS) is 13.3. The van der Waals surface area contributed by atoms with Crippen LogP contribution < -0.4 is 5.32 Å². The highest BCUT2D eigenvalue weighted by atomic mass is 19.4. The van der Waals surface area contributed by atoms with Gasteiger partial charge in [0.25, 0.3) is 0 Å². The molecular formula is C7H10F3NO4. The van der Waals surface area contributed by atoms with E-state index in [0.29, 0.717) is 0 Å². The van der Waals surface area contributed by atoms with Crippen LogP contribution in [0.1, 0.15) is 6.42 Å². The summed E-state index contributed by atoms with van der Waals surface area (Å²) in [7, 11) is 1.15. The first-order valence-corrected chi connectivity index (χ1v) is 3.87. The number of carboxylic acids is 1. The standard InChI is InChI=1S/C7H10F3NO4/c1-15-4(2-5(12)13)3-11-6(14)7(8,9)10/h4H,2-3H2,1H3,(H,11,14)(H,12,13). The zero-order chi connectivity index (χ0) is 12.1. The molecule has 0 fully saturated rings. The zero-order valence-electron chi connectivity index (χ0n) is 7.80. The van der Waals surface area contributed by atoms with Gasteiger partial charge in [-0.3, -0.25) is 9.59 Å². The first kappa shape index (κ1) is 13.7. The highest BCUT2D eigenvalue weighted by Gasteiger charge is 2.38. The van der Waals surface area contributed by atoms with Crippen LogP contribution in [0.3, 0.4) is 0 Å². The van der Waals surface area contributed by atoms with Crippen molar-refractivity contribution in [3.8, 4) is 0 Å². The minimum atomic E-state index is -4.97. The zero-order valence-corrected chi connectivity index (χ0v) is 7.80. The number of halogens is 3. The Labute approximate surface area is 83.2 Å². The lowest BCUT2D eigenvalue weighted by Crippen LogP contribution is -2.41. The van der Waals surface area contributed by atoms with Gasteiger partial charge in [0, 0.05) is 13.7 Å². The van der Waals surface area contributed by atoms with Crippen LogP contribution in [-0.2, 0) is 14.3 Å². The van der Waals surface area contributed by atoms with Crippen molar-refractivity contribution in [2.75, 3.05) is 13.7 Å². The summed E-state index contributed by atoms with van der Waals surface area (Å²) in [4.78, 5) is 20.5. The van der Waals surface area contributed by atoms with Gasteiger partial charge in [0.15, 0.2) is 0 Å². The van der Waals surface area contributed by atoms with Crippen LogP contribution in [-0.4, -0.2) is 42.9 Å². The van der Waals surface area contributed by atoms with Crippen LogP contribution in [0.2, 0.25) is 0 Å². The first-order valence-electron chi connectivity index (χ1n) is 3.87. The Balaban J connectivity index is 4.01. The van der Waals surface area contributed by atoms with Crippen LogP contribution in [0.5, 0.6) is 0 Å². The lowest BCUT2D eigenvalue weighted by molar-refractivity contribution is -0.174. The summed E-state index contributed by atoms with van der Waals surface area (Å²) in [6.45, 7) is -0.499. The quantitative estimate of drug-likeness (QED) is 0.703. The summed E-state index contributed by atoms with van der Waals surface area (Å²) in [5.74, 6) is -3.34. The van der Waals surface area contributed by atoms with Gasteiger partial charge in [0.2, 0.25) is 0 Å². The monoisotopic (exact) mass is 229 g/mol. The van der Waals surface area contributed by atoms with Gasteiger partial charge in [-0.1, -0.05) is 0 Å². The summed E-state index contributed by atoms with van der Waals surface area (Å²) in [6.07, 6.45) is -6.43. The Kier molecular flexibility index (Phi) is 5.06. The molecule has 1 unspecified atom stereocenters. The molecule has 0 saturated heterocycles. The third kappa shape index (κ3) is 5.89. The molecular weight excluding hydrogens is 219 g/mol. The molecule has 0 spiro atoms. The summed E-state index contributed by atoms with van der Waals surface area (Å²) in [5.41, 5.74) is 0. The van der Waals surface area contributed by atoms with Crippen LogP contribution >= 0.6 is 0 Å². The van der Waals surface area contributed by atoms with Gasteiger partial charge < -0.3 is 15.2 Å². The minimum Gasteiger partial charge on any atom is -0.481 e. The van der Waals surface area contributed by atoms with E-state index in [-0.39, 0.29) is 0 Å². The third-order valence-corrected chi connectivity index (χ3v) is 1.48. The predicted molar refractivity (Wildman–Crippen MR) is 42.1 cm³/mol. The number of methoxy groups -OCH3 is 1. The molecule has 0 aliphatic carbocycles. The van der Waals surface area contributed by atoms with Crippen LogP contribution in [0, 0.1) is 0 Å². The molecule has 1 amide bonds. The Morgan fingerprint density at radius 3 is 2.33 bits per heavy atom. The second-order valence-corrected chi connectivity index (χ2v) is 2.66. The van der Waals surface area contributed by atoms with Gasteiger partial charge >= 0.3 is 18.1 Å². The Bertz CT molecular complexity index is 241. The lowest BCUT2D eigenvalue weighted by Gasteiger charge is -2.14. The molecule has 0 aromatic carbocycles. The Morgan fingerprint density at radius 1 is 1.47 bits per heavy atom. The molecule has 0 rings (SSSR count). The second-order valence-electron chi connectivity index (χ2n) is 2.66. The van der Waals surface area contributed by atoms with Gasteiger partial charge in [0.05, 0.1) is 12.5 Å². The van der Waals surface area contributed by atoms with Gasteiger partial charge in [-0.25, -0.2) is 0 Å². The number of amides is 1. The fraction of sp³-hybridized carbons (Fsp3) is 0.714. The maximum atomic E-state index is 11.7. The van der Waals surface area contributed by atoms with Crippen molar-refractivity contribution >= 4 is 11.9 Å². The van der Waals surface area contributed by atoms with E-state index in [4.69, 9.17) is 5.11 Å². The maximum Gasteiger partial charge on any atom is 0.471 e. The summed E-state index contributed by atoms with van der Waals surface area (Å²) >= 11 is 0. The minimum absolute atomic E-state index is 0.478. The lowest BCUT2D eigenvalue weighted by atomic mass is 10.2. The molecule has 15 heavy (non-hydrogen) atoms. The molecule has 2 N–H and O–H groups in total. The molecule has 5 nitrogen and oxygen atoms in total. The Hall–Kier alpha value is -1.31. The van der Waals surface area contributed by atoms with Crippen LogP contribution in [0.4, 0.5) is 13.2 Å². The van der Waals surface area contributed by atoms with E-state index >= 15 is 0 Å². The van der Waals surface area contributed by atoms with Crippen molar-refractivity contribution in [1.82, 2.24) is 5.32 Å². The van der Waals surface area contributed by atoms with E-state index in [2.05, 4.69) is 4.74 Å². The smallest absolute Gasteiger partial charge is 0.471 e. The van der Waals surface area contributed by atoms with Crippen molar-refractivity contribution in [2.45, 2.75) is 18.7 Å². The average molecular weight is 229 g/mol. The highest BCUT2D eigenvalue weighted by Crippen LogP contribution is 2.14. The topological polar surface area (TPSA) is 75.6 Å². The molecule has 0 heterocycles. The van der Waals surface area contributed by atoms with Crippen molar-refractivity contribution in [3.05, 3.63) is 0 Å². The molecule has 0 bridgehead atoms. The SMILES string of the molecule is COC(CNC(=O)C(F)(F)F)CC(=O)O. The van der Waals surface area contributed by atoms with E-state index in [1.165, 1.54) is 5.32 Å². The molecule has 0 aromatic rings. The molecule has 0 aliphatic heterocycles. The summed E-state index contributed by atoms with van der Waals surface area (Å²) in [6, 6.07) is 0. The predicted octanol–water partition coefficient (Wildman–Crippen LogP) is 0.155. The van der Waals surface area contributed by atoms with Crippen molar-refractivity contribution in [1.29, 1.82) is 0 Å². The van der Waals surface area contributed by atoms with Gasteiger partial charge in [-0.15, -0.1) is 0 Å². The number of rotatable bonds is 5. The molecule has 0 aliphatic rings. The molecule has 88 valence electrons. The van der Waals surface area contributed by atoms with Gasteiger partial charge in [0.1, 0.15) is 0 Å². The largest absolute Gasteiger partial charge is 0.481 e. The molecule has 0 radical (unpaired) electrons. The van der Waals surface area contributed by atoms with E-state index in [1.54, 1.807) is 0 Å². The maximum absolute atomic E-state index is 11.7. The van der Waals surface area contributed by atoms with E-state index in [9.17, 15) is 22.8 Å². The Morgan fingerprint density at radius 2 is 2.00 bits per heavy atom. The third-order valence-electron chi connectivity index (χ3n) is 1.48. The molecule has 0 aromatic heterocycles. The number of aliphatic carboxylic acids is 1. The number of nitrogens with one attached hydrogen (secondary N) is 1. The average Bonchev–Trinajstić information content (AvgIpc) is 2.09. The van der Waals surface area contributed by atoms with Gasteiger partial charge in [-0.2, -0.15) is 13.2 Å². The highest BCUT2D eigenvalue weighted by molar-refractivity contribution is 5.81. The van der Waals surface area contributed by atoms with Crippen molar-refractivity contribution in [2.24, 2.45) is 0 Å². The molecule has 8 heteroatoms. The number of carboxylic acid groups (broad SMARTS) is 1. The number of carbonyl (C=O) groups is 2.